The van der Waals surface area contributed by atoms with Gasteiger partial charge in [0.25, 0.3) is 5.91 Å². The number of nitrogens with zero attached hydrogens (tertiary/aromatic N) is 2. The highest BCUT2D eigenvalue weighted by Crippen LogP contribution is 2.62. The predicted octanol–water partition coefficient (Wildman–Crippen LogP) is 3.61. The summed E-state index contributed by atoms with van der Waals surface area (Å²) in [5, 5.41) is 2.92. The van der Waals surface area contributed by atoms with Crippen LogP contribution >= 0.6 is 34.9 Å². The number of alkyl halides is 2. The zero-order valence-corrected chi connectivity index (χ0v) is 16.6. The van der Waals surface area contributed by atoms with Gasteiger partial charge in [-0.25, -0.2) is 9.97 Å². The summed E-state index contributed by atoms with van der Waals surface area (Å²) in [5.41, 5.74) is -3.43. The van der Waals surface area contributed by atoms with Crippen molar-refractivity contribution in [1.82, 2.24) is 15.3 Å². The Morgan fingerprint density at radius 3 is 2.59 bits per heavy atom. The lowest BCUT2D eigenvalue weighted by molar-refractivity contribution is 0.0595. The smallest absolute Gasteiger partial charge is 0.348 e. The average Bonchev–Trinajstić information content (AvgIpc) is 2.96. The molecule has 0 aliphatic carbocycles. The van der Waals surface area contributed by atoms with Crippen molar-refractivity contribution in [3.63, 3.8) is 0 Å². The first-order valence-electron chi connectivity index (χ1n) is 7.29. The number of nitrogens with one attached hydrogen (secondary N) is 1. The summed E-state index contributed by atoms with van der Waals surface area (Å²) >= 11 is 3.53. The number of hydrogen-bond donors (Lipinski definition) is 3. The van der Waals surface area contributed by atoms with Crippen molar-refractivity contribution < 1.29 is 27.9 Å². The van der Waals surface area contributed by atoms with Gasteiger partial charge < -0.3 is 15.1 Å². The molecular weight excluding hydrogens is 467 g/mol. The van der Waals surface area contributed by atoms with E-state index in [4.69, 9.17) is 9.79 Å². The Hall–Kier alpha value is -1.78. The third kappa shape index (κ3) is 3.92. The summed E-state index contributed by atoms with van der Waals surface area (Å²) in [6.07, 6.45) is 4.45. The number of halogens is 3. The largest absolute Gasteiger partial charge is 0.400 e. The quantitative estimate of drug-likeness (QED) is 0.484. The van der Waals surface area contributed by atoms with Crippen LogP contribution in [0.15, 0.2) is 41.4 Å². The van der Waals surface area contributed by atoms with E-state index < -0.39 is 24.0 Å². The lowest BCUT2D eigenvalue weighted by atomic mass is 10.1. The maximum absolute atomic E-state index is 14.1. The van der Waals surface area contributed by atoms with Gasteiger partial charge in [0.15, 0.2) is 0 Å². The first-order chi connectivity index (χ1) is 12.6. The molecule has 7 nitrogen and oxygen atoms in total. The summed E-state index contributed by atoms with van der Waals surface area (Å²) in [7, 11) is -5.69. The average molecular weight is 478 g/mol. The van der Waals surface area contributed by atoms with Gasteiger partial charge in [0.05, 0.1) is 0 Å². The first-order valence-corrected chi connectivity index (χ1v) is 10.5. The molecule has 0 aliphatic heterocycles. The molecule has 3 aromatic rings. The number of thiophene rings is 1. The van der Waals surface area contributed by atoms with Crippen molar-refractivity contribution in [3.8, 4) is 0 Å². The molecule has 3 N–H and O–H groups in total. The zero-order chi connectivity index (χ0) is 19.8. The minimum atomic E-state index is -5.69. The number of rotatable bonds is 5. The first kappa shape index (κ1) is 20.0. The van der Waals surface area contributed by atoms with Gasteiger partial charge in [-0.15, -0.1) is 11.3 Å². The second-order valence-corrected chi connectivity index (χ2v) is 8.97. The molecule has 0 bridgehead atoms. The van der Waals surface area contributed by atoms with Gasteiger partial charge in [0.1, 0.15) is 11.2 Å². The molecule has 0 spiro atoms. The standard InChI is InChI=1S/C15H11BrF2N3O4PS/c16-12-10-3-9(14(22)21-6-8-4-19-7-20-5-8)1-2-11(10)27-13(12)15(17,18)26(23,24)25/h1-5,7H,6H2,(H,21,22)(H2,23,24,25). The molecule has 12 heteroatoms. The summed E-state index contributed by atoms with van der Waals surface area (Å²) in [6.45, 7) is 0.185. The topological polar surface area (TPSA) is 112 Å². The van der Waals surface area contributed by atoms with Gasteiger partial charge in [0.2, 0.25) is 0 Å². The molecule has 1 aromatic carbocycles. The minimum absolute atomic E-state index is 0.151. The van der Waals surface area contributed by atoms with Crippen LogP contribution in [-0.2, 0) is 16.8 Å². The molecule has 27 heavy (non-hydrogen) atoms. The molecule has 0 saturated carbocycles. The predicted molar refractivity (Wildman–Crippen MR) is 98.7 cm³/mol. The van der Waals surface area contributed by atoms with Crippen LogP contribution in [-0.4, -0.2) is 25.7 Å². The highest BCUT2D eigenvalue weighted by molar-refractivity contribution is 9.10. The van der Waals surface area contributed by atoms with Crippen LogP contribution in [0.25, 0.3) is 10.1 Å². The minimum Gasteiger partial charge on any atom is -0.348 e. The van der Waals surface area contributed by atoms with E-state index in [0.717, 1.165) is 0 Å². The van der Waals surface area contributed by atoms with Gasteiger partial charge in [-0.05, 0) is 34.1 Å². The number of aromatic nitrogens is 2. The van der Waals surface area contributed by atoms with E-state index in [1.54, 1.807) is 12.4 Å². The van der Waals surface area contributed by atoms with E-state index in [0.29, 0.717) is 21.6 Å². The van der Waals surface area contributed by atoms with Gasteiger partial charge >= 0.3 is 13.3 Å². The van der Waals surface area contributed by atoms with Crippen molar-refractivity contribution in [1.29, 1.82) is 0 Å². The van der Waals surface area contributed by atoms with Crippen LogP contribution in [0.4, 0.5) is 8.78 Å². The van der Waals surface area contributed by atoms with Crippen LogP contribution < -0.4 is 5.32 Å². The number of fused-ring (bicyclic) bond motifs is 1. The number of benzene rings is 1. The van der Waals surface area contributed by atoms with Crippen molar-refractivity contribution in [2.24, 2.45) is 0 Å². The highest BCUT2D eigenvalue weighted by atomic mass is 79.9. The molecule has 0 fully saturated rings. The Kier molecular flexibility index (Phi) is 5.42. The van der Waals surface area contributed by atoms with E-state index in [2.05, 4.69) is 31.2 Å². The highest BCUT2D eigenvalue weighted by Gasteiger charge is 2.53. The molecular formula is C15H11BrF2N3O4PS. The number of hydrogen-bond acceptors (Lipinski definition) is 5. The third-order valence-electron chi connectivity index (χ3n) is 3.60. The molecule has 1 amide bonds. The summed E-state index contributed by atoms with van der Waals surface area (Å²) in [4.78, 5) is 37.1. The SMILES string of the molecule is O=C(NCc1cncnc1)c1ccc2sc(C(F)(F)P(=O)(O)O)c(Br)c2c1. The Labute approximate surface area is 163 Å². The van der Waals surface area contributed by atoms with Crippen LogP contribution in [0.1, 0.15) is 20.8 Å². The van der Waals surface area contributed by atoms with E-state index in [1.165, 1.54) is 24.5 Å². The fourth-order valence-corrected chi connectivity index (χ4v) is 5.16. The molecule has 0 radical (unpaired) electrons. The molecule has 2 aromatic heterocycles. The zero-order valence-electron chi connectivity index (χ0n) is 13.3. The van der Waals surface area contributed by atoms with Crippen molar-refractivity contribution in [3.05, 3.63) is 57.4 Å². The number of carbonyl (C=O) groups excluding carboxylic acids is 1. The molecule has 142 valence electrons. The maximum atomic E-state index is 14.1. The Morgan fingerprint density at radius 1 is 1.30 bits per heavy atom. The van der Waals surface area contributed by atoms with Crippen LogP contribution in [0.2, 0.25) is 0 Å². The van der Waals surface area contributed by atoms with Gasteiger partial charge in [-0.3, -0.25) is 9.36 Å². The molecule has 2 heterocycles. The Bertz CT molecular complexity index is 1060. The van der Waals surface area contributed by atoms with E-state index >= 15 is 0 Å². The van der Waals surface area contributed by atoms with Crippen molar-refractivity contribution >= 4 is 50.9 Å². The lowest BCUT2D eigenvalue weighted by Gasteiger charge is -2.16. The fourth-order valence-electron chi connectivity index (χ4n) is 2.24. The summed E-state index contributed by atoms with van der Waals surface area (Å²) in [6, 6.07) is 4.28. The van der Waals surface area contributed by atoms with E-state index in [-0.39, 0.29) is 22.0 Å². The summed E-state index contributed by atoms with van der Waals surface area (Å²) in [5.74, 6) is -0.442. The van der Waals surface area contributed by atoms with Crippen LogP contribution in [0.5, 0.6) is 0 Å². The monoisotopic (exact) mass is 477 g/mol. The van der Waals surface area contributed by atoms with Crippen molar-refractivity contribution in [2.75, 3.05) is 0 Å². The Balaban J connectivity index is 1.90. The lowest BCUT2D eigenvalue weighted by Crippen LogP contribution is -2.22. The van der Waals surface area contributed by atoms with Gasteiger partial charge in [-0.2, -0.15) is 8.78 Å². The second kappa shape index (κ2) is 7.33. The molecule has 0 unspecified atom stereocenters. The summed E-state index contributed by atoms with van der Waals surface area (Å²) < 4.78 is 39.5. The third-order valence-corrected chi connectivity index (χ3v) is 7.03. The number of carbonyl (C=O) groups is 1. The van der Waals surface area contributed by atoms with E-state index in [9.17, 15) is 18.1 Å². The fraction of sp³-hybridized carbons (Fsp3) is 0.133. The molecule has 3 rings (SSSR count). The van der Waals surface area contributed by atoms with Crippen LogP contribution in [0.3, 0.4) is 0 Å². The van der Waals surface area contributed by atoms with Gasteiger partial charge in [-0.1, -0.05) is 0 Å². The van der Waals surface area contributed by atoms with E-state index in [1.807, 2.05) is 0 Å². The molecule has 0 aliphatic rings. The normalized spacial score (nSPS) is 12.3. The second-order valence-electron chi connectivity index (χ2n) is 5.47. The van der Waals surface area contributed by atoms with Crippen LogP contribution in [0, 0.1) is 0 Å². The molecule has 0 saturated heterocycles. The Morgan fingerprint density at radius 2 is 1.96 bits per heavy atom. The maximum Gasteiger partial charge on any atom is 0.400 e. The molecule has 0 atom stereocenters. The number of amides is 1. The van der Waals surface area contributed by atoms with Crippen molar-refractivity contribution in [2.45, 2.75) is 12.2 Å². The van der Waals surface area contributed by atoms with Gasteiger partial charge in [0, 0.05) is 44.6 Å².